The molecule has 0 spiro atoms. The summed E-state index contributed by atoms with van der Waals surface area (Å²) in [6, 6.07) is 1.33. The van der Waals surface area contributed by atoms with E-state index >= 15 is 0 Å². The van der Waals surface area contributed by atoms with Crippen LogP contribution < -0.4 is 5.32 Å². The highest BCUT2D eigenvalue weighted by molar-refractivity contribution is 6.11. The first-order valence-corrected chi connectivity index (χ1v) is 9.70. The second kappa shape index (κ2) is 8.55. The van der Waals surface area contributed by atoms with Crippen molar-refractivity contribution >= 4 is 17.7 Å². The van der Waals surface area contributed by atoms with Gasteiger partial charge < -0.3 is 9.88 Å². The van der Waals surface area contributed by atoms with Crippen molar-refractivity contribution in [2.45, 2.75) is 71.9 Å². The summed E-state index contributed by atoms with van der Waals surface area (Å²) in [5, 5.41) is 2.78. The second-order valence-corrected chi connectivity index (χ2v) is 7.57. The fraction of sp³-hybridized carbons (Fsp3) is 0.571. The van der Waals surface area contributed by atoms with Crippen LogP contribution in [0.25, 0.3) is 0 Å². The first kappa shape index (κ1) is 20.9. The van der Waals surface area contributed by atoms with Gasteiger partial charge in [0.25, 0.3) is 5.91 Å². The van der Waals surface area contributed by atoms with Gasteiger partial charge in [-0.25, -0.2) is 4.79 Å². The van der Waals surface area contributed by atoms with E-state index in [1.807, 2.05) is 24.5 Å². The molecule has 3 amide bonds. The number of unbranched alkanes of at least 4 members (excludes halogenated alkanes) is 3. The number of nitrogens with zero attached hydrogens (tertiary/aromatic N) is 2. The van der Waals surface area contributed by atoms with Gasteiger partial charge in [-0.15, -0.1) is 6.58 Å². The Morgan fingerprint density at radius 2 is 1.96 bits per heavy atom. The zero-order valence-electron chi connectivity index (χ0n) is 16.9. The van der Waals surface area contributed by atoms with Crippen molar-refractivity contribution in [1.82, 2.24) is 14.8 Å². The Kier molecular flexibility index (Phi) is 6.63. The van der Waals surface area contributed by atoms with E-state index in [0.717, 1.165) is 42.0 Å². The van der Waals surface area contributed by atoms with Crippen molar-refractivity contribution in [1.29, 1.82) is 0 Å². The number of Topliss-reactive ketones (excluding diaryl/α,β-unsaturated/α-hetero) is 1. The standard InChI is InChI=1S/C21H31N3O3/c1-6-8-9-10-11-21(5)19(26)24(20(27)22-21)14-18(25)17-13-15(3)23(12-7-2)16(17)4/h7,13H,2,6,8-12,14H2,1,3-5H3,(H,22,27). The highest BCUT2D eigenvalue weighted by atomic mass is 16.2. The lowest BCUT2D eigenvalue weighted by Gasteiger charge is -2.21. The van der Waals surface area contributed by atoms with E-state index in [0.29, 0.717) is 18.5 Å². The van der Waals surface area contributed by atoms with Gasteiger partial charge in [-0.05, 0) is 33.3 Å². The summed E-state index contributed by atoms with van der Waals surface area (Å²) < 4.78 is 1.99. The van der Waals surface area contributed by atoms with Crippen LogP contribution in [0.15, 0.2) is 18.7 Å². The van der Waals surface area contributed by atoms with E-state index in [-0.39, 0.29) is 18.2 Å². The average molecular weight is 373 g/mol. The van der Waals surface area contributed by atoms with E-state index in [9.17, 15) is 14.4 Å². The number of hydrogen-bond acceptors (Lipinski definition) is 3. The fourth-order valence-electron chi connectivity index (χ4n) is 3.69. The number of aromatic nitrogens is 1. The molecule has 1 unspecified atom stereocenters. The van der Waals surface area contributed by atoms with Crippen LogP contribution >= 0.6 is 0 Å². The quantitative estimate of drug-likeness (QED) is 0.294. The van der Waals surface area contributed by atoms with Crippen molar-refractivity contribution in [3.8, 4) is 0 Å². The SMILES string of the molecule is C=CCn1c(C)cc(C(=O)CN2C(=O)NC(C)(CCCCCC)C2=O)c1C. The summed E-state index contributed by atoms with van der Waals surface area (Å²) in [7, 11) is 0. The number of ketones is 1. The highest BCUT2D eigenvalue weighted by Crippen LogP contribution is 2.25. The molecule has 0 aliphatic carbocycles. The van der Waals surface area contributed by atoms with Crippen LogP contribution in [0.2, 0.25) is 0 Å². The van der Waals surface area contributed by atoms with Gasteiger partial charge >= 0.3 is 6.03 Å². The van der Waals surface area contributed by atoms with Gasteiger partial charge in [0.2, 0.25) is 0 Å². The molecule has 6 heteroatoms. The van der Waals surface area contributed by atoms with Crippen molar-refractivity contribution in [2.24, 2.45) is 0 Å². The normalized spacial score (nSPS) is 19.5. The third kappa shape index (κ3) is 4.31. The Bertz CT molecular complexity index is 750. The first-order valence-electron chi connectivity index (χ1n) is 9.70. The minimum atomic E-state index is -0.912. The summed E-state index contributed by atoms with van der Waals surface area (Å²) in [4.78, 5) is 39.0. The Hall–Kier alpha value is -2.37. The summed E-state index contributed by atoms with van der Waals surface area (Å²) in [5.41, 5.74) is 1.41. The molecule has 0 saturated carbocycles. The molecule has 0 aromatic carbocycles. The number of carbonyl (C=O) groups excluding carboxylic acids is 3. The molecular formula is C21H31N3O3. The molecule has 1 aromatic rings. The molecule has 1 N–H and O–H groups in total. The lowest BCUT2D eigenvalue weighted by molar-refractivity contribution is -0.130. The molecule has 1 atom stereocenters. The van der Waals surface area contributed by atoms with Crippen molar-refractivity contribution < 1.29 is 14.4 Å². The summed E-state index contributed by atoms with van der Waals surface area (Å²) in [6.07, 6.45) is 6.50. The number of hydrogen-bond donors (Lipinski definition) is 1. The largest absolute Gasteiger partial charge is 0.345 e. The third-order valence-corrected chi connectivity index (χ3v) is 5.36. The van der Waals surface area contributed by atoms with Crippen molar-refractivity contribution in [3.63, 3.8) is 0 Å². The van der Waals surface area contributed by atoms with Crippen LogP contribution in [0, 0.1) is 13.8 Å². The van der Waals surface area contributed by atoms with Crippen molar-refractivity contribution in [2.75, 3.05) is 6.54 Å². The molecule has 1 aromatic heterocycles. The van der Waals surface area contributed by atoms with Crippen LogP contribution in [0.5, 0.6) is 0 Å². The number of urea groups is 1. The van der Waals surface area contributed by atoms with Crippen LogP contribution in [-0.2, 0) is 11.3 Å². The molecule has 2 rings (SSSR count). The van der Waals surface area contributed by atoms with Gasteiger partial charge in [0.1, 0.15) is 5.54 Å². The second-order valence-electron chi connectivity index (χ2n) is 7.57. The van der Waals surface area contributed by atoms with Gasteiger partial charge in [0.05, 0.1) is 6.54 Å². The monoisotopic (exact) mass is 373 g/mol. The maximum Gasteiger partial charge on any atom is 0.325 e. The number of nitrogens with one attached hydrogen (secondary N) is 1. The predicted octanol–water partition coefficient (Wildman–Crippen LogP) is 3.75. The molecule has 1 fully saturated rings. The number of allylic oxidation sites excluding steroid dienone is 1. The lowest BCUT2D eigenvalue weighted by Crippen LogP contribution is -2.44. The Morgan fingerprint density at radius 1 is 1.26 bits per heavy atom. The van der Waals surface area contributed by atoms with E-state index < -0.39 is 11.6 Å². The Balaban J connectivity index is 2.10. The smallest absolute Gasteiger partial charge is 0.325 e. The molecule has 1 saturated heterocycles. The number of aryl methyl sites for hydroxylation is 1. The zero-order valence-corrected chi connectivity index (χ0v) is 16.9. The highest BCUT2D eigenvalue weighted by Gasteiger charge is 2.47. The predicted molar refractivity (Wildman–Crippen MR) is 106 cm³/mol. The van der Waals surface area contributed by atoms with E-state index in [4.69, 9.17) is 0 Å². The lowest BCUT2D eigenvalue weighted by atomic mass is 9.94. The summed E-state index contributed by atoms with van der Waals surface area (Å²) in [5.74, 6) is -0.533. The van der Waals surface area contributed by atoms with Crippen LogP contribution in [-0.4, -0.2) is 39.3 Å². The maximum absolute atomic E-state index is 12.8. The maximum atomic E-state index is 12.8. The third-order valence-electron chi connectivity index (χ3n) is 5.36. The number of carbonyl (C=O) groups is 3. The molecule has 2 heterocycles. The summed E-state index contributed by atoms with van der Waals surface area (Å²) >= 11 is 0. The zero-order chi connectivity index (χ0) is 20.2. The number of rotatable bonds is 10. The minimum Gasteiger partial charge on any atom is -0.345 e. The number of imide groups is 1. The van der Waals surface area contributed by atoms with Crippen LogP contribution in [0.1, 0.15) is 67.7 Å². The van der Waals surface area contributed by atoms with Gasteiger partial charge in [-0.1, -0.05) is 38.7 Å². The molecule has 0 bridgehead atoms. The average Bonchev–Trinajstić information content (AvgIpc) is 3.01. The van der Waals surface area contributed by atoms with Crippen LogP contribution in [0.3, 0.4) is 0 Å². The summed E-state index contributed by atoms with van der Waals surface area (Å²) in [6.45, 7) is 11.8. The van der Waals surface area contributed by atoms with E-state index in [1.165, 1.54) is 0 Å². The van der Waals surface area contributed by atoms with Gasteiger partial charge in [-0.3, -0.25) is 14.5 Å². The van der Waals surface area contributed by atoms with Crippen molar-refractivity contribution in [3.05, 3.63) is 35.7 Å². The van der Waals surface area contributed by atoms with Crippen LogP contribution in [0.4, 0.5) is 4.79 Å². The van der Waals surface area contributed by atoms with E-state index in [2.05, 4.69) is 18.8 Å². The molecule has 1 aliphatic heterocycles. The minimum absolute atomic E-state index is 0.225. The first-order chi connectivity index (χ1) is 12.7. The van der Waals surface area contributed by atoms with E-state index in [1.54, 1.807) is 13.0 Å². The molecule has 27 heavy (non-hydrogen) atoms. The Morgan fingerprint density at radius 3 is 2.59 bits per heavy atom. The van der Waals surface area contributed by atoms with Gasteiger partial charge in [-0.2, -0.15) is 0 Å². The topological polar surface area (TPSA) is 71.4 Å². The molecule has 6 nitrogen and oxygen atoms in total. The number of amides is 3. The molecule has 1 aliphatic rings. The fourth-order valence-corrected chi connectivity index (χ4v) is 3.69. The molecular weight excluding hydrogens is 342 g/mol. The Labute approximate surface area is 161 Å². The molecule has 148 valence electrons. The van der Waals surface area contributed by atoms with Gasteiger partial charge in [0.15, 0.2) is 5.78 Å². The molecule has 0 radical (unpaired) electrons. The van der Waals surface area contributed by atoms with Gasteiger partial charge in [0, 0.05) is 23.5 Å².